The number of β-amino-alcohol motifs (C(OH)–C–C–N with tert-alkyl or cyclic N) is 1. The number of benzene rings is 1. The van der Waals surface area contributed by atoms with E-state index in [0.29, 0.717) is 54.6 Å². The van der Waals surface area contributed by atoms with Gasteiger partial charge in [0.05, 0.1) is 35.1 Å². The maximum Gasteiger partial charge on any atom is 0.343 e. The molecule has 0 amide bonds. The average molecular weight is 563 g/mol. The second-order valence-corrected chi connectivity index (χ2v) is 11.4. The molecule has 0 spiro atoms. The molecule has 2 atom stereocenters. The second kappa shape index (κ2) is 10.1. The van der Waals surface area contributed by atoms with E-state index in [1.807, 2.05) is 12.1 Å². The third kappa shape index (κ3) is 4.30. The number of aliphatic hydroxyl groups excluding tert-OH is 1. The number of pyridine rings is 2. The summed E-state index contributed by atoms with van der Waals surface area (Å²) in [5.74, 6) is 0.490. The van der Waals surface area contributed by atoms with Crippen LogP contribution in [0.3, 0.4) is 0 Å². The van der Waals surface area contributed by atoms with Crippen LogP contribution >= 0.6 is 0 Å². The molecule has 4 aliphatic heterocycles. The zero-order chi connectivity index (χ0) is 28.3. The van der Waals surface area contributed by atoms with Gasteiger partial charge < -0.3 is 39.2 Å². The van der Waals surface area contributed by atoms with E-state index >= 15 is 0 Å². The van der Waals surface area contributed by atoms with Crippen LogP contribution in [-0.4, -0.2) is 69.7 Å². The van der Waals surface area contributed by atoms with Gasteiger partial charge in [-0.2, -0.15) is 0 Å². The molecule has 1 fully saturated rings. The van der Waals surface area contributed by atoms with E-state index in [0.717, 1.165) is 29.6 Å². The highest BCUT2D eigenvalue weighted by atomic mass is 16.7. The summed E-state index contributed by atoms with van der Waals surface area (Å²) in [7, 11) is 0. The first-order valence-corrected chi connectivity index (χ1v) is 14.4. The summed E-state index contributed by atoms with van der Waals surface area (Å²) in [6.07, 6.45) is 3.16. The number of carbonyl (C=O) groups is 1. The first-order valence-electron chi connectivity index (χ1n) is 14.4. The summed E-state index contributed by atoms with van der Waals surface area (Å²) in [5.41, 5.74) is 2.07. The van der Waals surface area contributed by atoms with Crippen molar-refractivity contribution in [3.63, 3.8) is 0 Å². The normalized spacial score (nSPS) is 21.9. The number of ether oxygens (including phenoxy) is 3. The van der Waals surface area contributed by atoms with Crippen LogP contribution in [0.4, 0.5) is 0 Å². The molecule has 41 heavy (non-hydrogen) atoms. The van der Waals surface area contributed by atoms with Crippen molar-refractivity contribution in [1.82, 2.24) is 19.8 Å². The quantitative estimate of drug-likeness (QED) is 0.286. The second-order valence-electron chi connectivity index (χ2n) is 11.4. The number of carbonyl (C=O) groups excluding carboxylic acids is 1. The predicted molar refractivity (Wildman–Crippen MR) is 149 cm³/mol. The molecule has 4 aliphatic rings. The molecule has 0 aliphatic carbocycles. The van der Waals surface area contributed by atoms with Crippen molar-refractivity contribution in [2.75, 3.05) is 33.0 Å². The number of piperidine rings is 1. The highest BCUT2D eigenvalue weighted by molar-refractivity contribution is 5.91. The number of nitrogens with zero attached hydrogens (tertiary/aromatic N) is 3. The van der Waals surface area contributed by atoms with Gasteiger partial charge in [0.15, 0.2) is 17.1 Å². The molecule has 0 bridgehead atoms. The number of hydrogen-bond acceptors (Lipinski definition) is 10. The van der Waals surface area contributed by atoms with Gasteiger partial charge in [0.25, 0.3) is 5.56 Å². The minimum Gasteiger partial charge on any atom is -0.458 e. The zero-order valence-corrected chi connectivity index (χ0v) is 23.1. The third-order valence-corrected chi connectivity index (χ3v) is 8.90. The number of cyclic esters (lactones) is 1. The standard InChI is InChI=1S/C30H34N4O7/c1-2-30(38)22-9-24-27-20(14-34(24)28(36)21(22)15-39-29(30)37)19(12-31-11-17(35)13-33-6-4-3-5-7-33)18-8-25-26(41-16-40-25)10-23(18)32-27/h8-10,17,31,35,38H,2-7,11-16H2,1H3/t17-,30+/m1/s1. The maximum absolute atomic E-state index is 13.7. The van der Waals surface area contributed by atoms with E-state index in [1.54, 1.807) is 17.6 Å². The lowest BCUT2D eigenvalue weighted by Gasteiger charge is -2.31. The fourth-order valence-electron chi connectivity index (χ4n) is 6.62. The van der Waals surface area contributed by atoms with Crippen molar-refractivity contribution in [2.24, 2.45) is 0 Å². The zero-order valence-electron chi connectivity index (χ0n) is 23.1. The van der Waals surface area contributed by atoms with Crippen LogP contribution in [0, 0.1) is 0 Å². The van der Waals surface area contributed by atoms with Crippen molar-refractivity contribution >= 4 is 16.9 Å². The fourth-order valence-corrected chi connectivity index (χ4v) is 6.62. The fraction of sp³-hybridized carbons (Fsp3) is 0.500. The minimum atomic E-state index is -1.89. The number of esters is 1. The monoisotopic (exact) mass is 562 g/mol. The molecule has 7 rings (SSSR count). The lowest BCUT2D eigenvalue weighted by Crippen LogP contribution is -2.44. The third-order valence-electron chi connectivity index (χ3n) is 8.90. The van der Waals surface area contributed by atoms with E-state index in [9.17, 15) is 19.8 Å². The average Bonchev–Trinajstić information content (AvgIpc) is 3.59. The number of hydrogen-bond donors (Lipinski definition) is 3. The Hall–Kier alpha value is -3.51. The van der Waals surface area contributed by atoms with Gasteiger partial charge in [-0.1, -0.05) is 13.3 Å². The summed E-state index contributed by atoms with van der Waals surface area (Å²) in [5, 5.41) is 26.3. The minimum absolute atomic E-state index is 0.0815. The smallest absolute Gasteiger partial charge is 0.343 e. The summed E-state index contributed by atoms with van der Waals surface area (Å²) in [6, 6.07) is 5.48. The number of nitrogens with one attached hydrogen (secondary N) is 1. The molecule has 0 saturated carbocycles. The van der Waals surface area contributed by atoms with Crippen LogP contribution in [0.5, 0.6) is 11.5 Å². The number of rotatable bonds is 7. The van der Waals surface area contributed by atoms with E-state index in [-0.39, 0.29) is 36.5 Å². The Balaban J connectivity index is 1.28. The van der Waals surface area contributed by atoms with Gasteiger partial charge in [-0.25, -0.2) is 9.78 Å². The summed E-state index contributed by atoms with van der Waals surface area (Å²) in [4.78, 5) is 33.5. The SMILES string of the molecule is CC[C@@]1(O)C(=O)OCc2c1cc1n(c2=O)Cc2c-1nc1cc3c(cc1c2CNC[C@@H](O)CN1CCCCC1)OCO3. The Bertz CT molecular complexity index is 1610. The van der Waals surface area contributed by atoms with Crippen LogP contribution in [0.15, 0.2) is 23.0 Å². The van der Waals surface area contributed by atoms with Crippen LogP contribution in [0.2, 0.25) is 0 Å². The van der Waals surface area contributed by atoms with Crippen LogP contribution in [0.1, 0.15) is 54.9 Å². The highest BCUT2D eigenvalue weighted by Crippen LogP contribution is 2.43. The van der Waals surface area contributed by atoms with Crippen molar-refractivity contribution in [2.45, 2.75) is 64.0 Å². The first kappa shape index (κ1) is 26.4. The van der Waals surface area contributed by atoms with E-state index in [2.05, 4.69) is 10.2 Å². The Labute approximate surface area is 236 Å². The maximum atomic E-state index is 13.7. The summed E-state index contributed by atoms with van der Waals surface area (Å²) in [6.45, 7) is 5.48. The van der Waals surface area contributed by atoms with E-state index in [1.165, 1.54) is 19.3 Å². The summed E-state index contributed by atoms with van der Waals surface area (Å²) >= 11 is 0. The molecule has 1 aromatic carbocycles. The highest BCUT2D eigenvalue weighted by Gasteiger charge is 2.45. The van der Waals surface area contributed by atoms with Gasteiger partial charge in [-0.15, -0.1) is 0 Å². The molecule has 1 saturated heterocycles. The van der Waals surface area contributed by atoms with Gasteiger partial charge in [0, 0.05) is 42.2 Å². The van der Waals surface area contributed by atoms with Crippen LogP contribution in [0.25, 0.3) is 22.3 Å². The van der Waals surface area contributed by atoms with Gasteiger partial charge in [-0.05, 0) is 50.0 Å². The number of fused-ring (bicyclic) bond motifs is 6. The molecule has 0 radical (unpaired) electrons. The Kier molecular flexibility index (Phi) is 6.50. The molecular formula is C30H34N4O7. The molecule has 216 valence electrons. The molecule has 11 nitrogen and oxygen atoms in total. The Morgan fingerprint density at radius 1 is 1.07 bits per heavy atom. The van der Waals surface area contributed by atoms with Crippen molar-refractivity contribution in [3.05, 3.63) is 50.8 Å². The predicted octanol–water partition coefficient (Wildman–Crippen LogP) is 1.74. The lowest BCUT2D eigenvalue weighted by atomic mass is 9.86. The number of likely N-dealkylation sites (tertiary alicyclic amines) is 1. The molecule has 2 aromatic heterocycles. The van der Waals surface area contributed by atoms with Crippen molar-refractivity contribution in [3.8, 4) is 22.9 Å². The molecule has 0 unspecified atom stereocenters. The molecular weight excluding hydrogens is 528 g/mol. The van der Waals surface area contributed by atoms with Crippen LogP contribution < -0.4 is 20.3 Å². The van der Waals surface area contributed by atoms with Crippen molar-refractivity contribution < 1.29 is 29.2 Å². The topological polar surface area (TPSA) is 135 Å². The molecule has 11 heteroatoms. The van der Waals surface area contributed by atoms with E-state index < -0.39 is 17.7 Å². The first-order chi connectivity index (χ1) is 19.9. The Morgan fingerprint density at radius 3 is 2.63 bits per heavy atom. The molecule has 3 aromatic rings. The molecule has 3 N–H and O–H groups in total. The van der Waals surface area contributed by atoms with Gasteiger partial charge in [0.1, 0.15) is 6.61 Å². The number of aromatic nitrogens is 2. The largest absolute Gasteiger partial charge is 0.458 e. The molecule has 6 heterocycles. The van der Waals surface area contributed by atoms with E-state index in [4.69, 9.17) is 19.2 Å². The Morgan fingerprint density at radius 2 is 1.85 bits per heavy atom. The van der Waals surface area contributed by atoms with Gasteiger partial charge in [0.2, 0.25) is 6.79 Å². The van der Waals surface area contributed by atoms with Gasteiger partial charge in [-0.3, -0.25) is 4.79 Å². The van der Waals surface area contributed by atoms with Crippen molar-refractivity contribution in [1.29, 1.82) is 0 Å². The number of aliphatic hydroxyl groups is 2. The summed E-state index contributed by atoms with van der Waals surface area (Å²) < 4.78 is 18.1. The van der Waals surface area contributed by atoms with Gasteiger partial charge >= 0.3 is 5.97 Å². The van der Waals surface area contributed by atoms with Crippen LogP contribution in [-0.2, 0) is 34.8 Å². The lowest BCUT2D eigenvalue weighted by molar-refractivity contribution is -0.172.